The summed E-state index contributed by atoms with van der Waals surface area (Å²) in [6.45, 7) is 5.75. The molecule has 2 N–H and O–H groups in total. The first kappa shape index (κ1) is 11.4. The summed E-state index contributed by atoms with van der Waals surface area (Å²) in [5.74, 6) is 0.860. The molecule has 0 spiro atoms. The molecule has 2 fully saturated rings. The van der Waals surface area contributed by atoms with E-state index in [0.29, 0.717) is 6.04 Å². The van der Waals surface area contributed by atoms with Crippen LogP contribution in [0.25, 0.3) is 0 Å². The van der Waals surface area contributed by atoms with Crippen LogP contribution in [0.5, 0.6) is 0 Å². The van der Waals surface area contributed by atoms with Gasteiger partial charge in [-0.2, -0.15) is 0 Å². The maximum Gasteiger partial charge on any atom is 0.0516 e. The van der Waals surface area contributed by atoms with Gasteiger partial charge in [0.25, 0.3) is 0 Å². The minimum Gasteiger partial charge on any atom is -0.381 e. The molecule has 0 aromatic rings. The zero-order chi connectivity index (χ0) is 10.5. The molecule has 1 unspecified atom stereocenters. The predicted molar refractivity (Wildman–Crippen MR) is 61.8 cm³/mol. The molecule has 2 saturated heterocycles. The summed E-state index contributed by atoms with van der Waals surface area (Å²) in [5.41, 5.74) is 5.96. The Balaban J connectivity index is 1.56. The van der Waals surface area contributed by atoms with Gasteiger partial charge in [0.2, 0.25) is 0 Å². The third kappa shape index (κ3) is 3.74. The Kier molecular flexibility index (Phi) is 4.42. The average Bonchev–Trinajstić information content (AvgIpc) is 2.35. The molecule has 88 valence electrons. The average molecular weight is 212 g/mol. The van der Waals surface area contributed by atoms with Gasteiger partial charge in [0.05, 0.1) is 13.2 Å². The van der Waals surface area contributed by atoms with E-state index in [1.807, 2.05) is 0 Å². The Morgan fingerprint density at radius 3 is 2.80 bits per heavy atom. The largest absolute Gasteiger partial charge is 0.381 e. The minimum atomic E-state index is 0.454. The number of ether oxygens (including phenoxy) is 1. The monoisotopic (exact) mass is 212 g/mol. The highest BCUT2D eigenvalue weighted by atomic mass is 16.5. The Labute approximate surface area is 93.0 Å². The SMILES string of the molecule is NC1CCCN(CCCC2COC2)CC1. The Hall–Kier alpha value is -0.120. The summed E-state index contributed by atoms with van der Waals surface area (Å²) < 4.78 is 5.18. The lowest BCUT2D eigenvalue weighted by Gasteiger charge is -2.27. The van der Waals surface area contributed by atoms with Gasteiger partial charge < -0.3 is 15.4 Å². The number of likely N-dealkylation sites (tertiary alicyclic amines) is 1. The normalized spacial score (nSPS) is 29.8. The van der Waals surface area contributed by atoms with Crippen molar-refractivity contribution in [3.8, 4) is 0 Å². The summed E-state index contributed by atoms with van der Waals surface area (Å²) >= 11 is 0. The van der Waals surface area contributed by atoms with Crippen molar-refractivity contribution >= 4 is 0 Å². The number of nitrogens with zero attached hydrogens (tertiary/aromatic N) is 1. The molecule has 0 saturated carbocycles. The molecule has 2 rings (SSSR count). The van der Waals surface area contributed by atoms with Crippen LogP contribution in [-0.2, 0) is 4.74 Å². The van der Waals surface area contributed by atoms with Crippen LogP contribution in [0, 0.1) is 5.92 Å². The lowest BCUT2D eigenvalue weighted by Crippen LogP contribution is -2.30. The molecular formula is C12H24N2O. The van der Waals surface area contributed by atoms with Crippen molar-refractivity contribution in [2.45, 2.75) is 38.1 Å². The zero-order valence-electron chi connectivity index (χ0n) is 9.66. The lowest BCUT2D eigenvalue weighted by molar-refractivity contribution is -0.0370. The Morgan fingerprint density at radius 2 is 2.07 bits per heavy atom. The van der Waals surface area contributed by atoms with Gasteiger partial charge in [-0.3, -0.25) is 0 Å². The Morgan fingerprint density at radius 1 is 1.20 bits per heavy atom. The van der Waals surface area contributed by atoms with Crippen LogP contribution >= 0.6 is 0 Å². The van der Waals surface area contributed by atoms with Gasteiger partial charge in [-0.05, 0) is 51.7 Å². The van der Waals surface area contributed by atoms with Gasteiger partial charge in [0, 0.05) is 12.0 Å². The third-order valence-electron chi connectivity index (χ3n) is 3.66. The van der Waals surface area contributed by atoms with E-state index in [-0.39, 0.29) is 0 Å². The van der Waals surface area contributed by atoms with Crippen LogP contribution in [-0.4, -0.2) is 43.8 Å². The highest BCUT2D eigenvalue weighted by molar-refractivity contribution is 4.72. The summed E-state index contributed by atoms with van der Waals surface area (Å²) in [6.07, 6.45) is 6.37. The van der Waals surface area contributed by atoms with E-state index in [1.54, 1.807) is 0 Å². The van der Waals surface area contributed by atoms with E-state index in [4.69, 9.17) is 10.5 Å². The molecule has 0 aliphatic carbocycles. The molecular weight excluding hydrogens is 188 g/mol. The fraction of sp³-hybridized carbons (Fsp3) is 1.00. The van der Waals surface area contributed by atoms with E-state index >= 15 is 0 Å². The number of hydrogen-bond donors (Lipinski definition) is 1. The van der Waals surface area contributed by atoms with Crippen molar-refractivity contribution in [3.63, 3.8) is 0 Å². The van der Waals surface area contributed by atoms with Crippen LogP contribution in [0.3, 0.4) is 0 Å². The lowest BCUT2D eigenvalue weighted by atomic mass is 10.0. The standard InChI is InChI=1S/C12H24N2O/c13-12-4-2-7-14(8-5-12)6-1-3-11-9-15-10-11/h11-12H,1-10,13H2. The van der Waals surface area contributed by atoms with Crippen molar-refractivity contribution in [1.29, 1.82) is 0 Å². The fourth-order valence-corrected chi connectivity index (χ4v) is 2.46. The second-order valence-electron chi connectivity index (χ2n) is 5.08. The van der Waals surface area contributed by atoms with Gasteiger partial charge in [-0.25, -0.2) is 0 Å². The van der Waals surface area contributed by atoms with Crippen molar-refractivity contribution in [1.82, 2.24) is 4.90 Å². The molecule has 3 heteroatoms. The molecule has 0 aromatic carbocycles. The van der Waals surface area contributed by atoms with Crippen LogP contribution in [0.4, 0.5) is 0 Å². The van der Waals surface area contributed by atoms with Gasteiger partial charge in [0.1, 0.15) is 0 Å². The first-order chi connectivity index (χ1) is 7.34. The van der Waals surface area contributed by atoms with Crippen molar-refractivity contribution in [3.05, 3.63) is 0 Å². The van der Waals surface area contributed by atoms with E-state index in [1.165, 1.54) is 51.7 Å². The third-order valence-corrected chi connectivity index (χ3v) is 3.66. The van der Waals surface area contributed by atoms with Gasteiger partial charge >= 0.3 is 0 Å². The first-order valence-electron chi connectivity index (χ1n) is 6.40. The molecule has 0 amide bonds. The summed E-state index contributed by atoms with van der Waals surface area (Å²) in [4.78, 5) is 2.59. The Bertz CT molecular complexity index is 182. The zero-order valence-corrected chi connectivity index (χ0v) is 9.66. The molecule has 0 bridgehead atoms. The molecule has 15 heavy (non-hydrogen) atoms. The van der Waals surface area contributed by atoms with Crippen molar-refractivity contribution < 1.29 is 4.74 Å². The molecule has 2 heterocycles. The number of rotatable bonds is 4. The van der Waals surface area contributed by atoms with E-state index in [0.717, 1.165) is 19.1 Å². The van der Waals surface area contributed by atoms with Crippen LogP contribution < -0.4 is 5.73 Å². The molecule has 3 nitrogen and oxygen atoms in total. The molecule has 2 aliphatic rings. The molecule has 0 radical (unpaired) electrons. The van der Waals surface area contributed by atoms with Crippen LogP contribution in [0.15, 0.2) is 0 Å². The fourth-order valence-electron chi connectivity index (χ4n) is 2.46. The van der Waals surface area contributed by atoms with Crippen molar-refractivity contribution in [2.75, 3.05) is 32.8 Å². The highest BCUT2D eigenvalue weighted by Gasteiger charge is 2.18. The maximum absolute atomic E-state index is 5.96. The van der Waals surface area contributed by atoms with Crippen LogP contribution in [0.2, 0.25) is 0 Å². The summed E-state index contributed by atoms with van der Waals surface area (Å²) in [7, 11) is 0. The first-order valence-corrected chi connectivity index (χ1v) is 6.40. The predicted octanol–water partition coefficient (Wildman–Crippen LogP) is 1.23. The number of hydrogen-bond acceptors (Lipinski definition) is 3. The van der Waals surface area contributed by atoms with E-state index in [2.05, 4.69) is 4.90 Å². The van der Waals surface area contributed by atoms with Crippen molar-refractivity contribution in [2.24, 2.45) is 11.7 Å². The van der Waals surface area contributed by atoms with E-state index < -0.39 is 0 Å². The quantitative estimate of drug-likeness (QED) is 0.761. The second-order valence-corrected chi connectivity index (χ2v) is 5.08. The van der Waals surface area contributed by atoms with Gasteiger partial charge in [-0.1, -0.05) is 0 Å². The van der Waals surface area contributed by atoms with Gasteiger partial charge in [-0.15, -0.1) is 0 Å². The smallest absolute Gasteiger partial charge is 0.0516 e. The molecule has 1 atom stereocenters. The van der Waals surface area contributed by atoms with E-state index in [9.17, 15) is 0 Å². The number of nitrogens with two attached hydrogens (primary N) is 1. The van der Waals surface area contributed by atoms with Gasteiger partial charge in [0.15, 0.2) is 0 Å². The van der Waals surface area contributed by atoms with Crippen LogP contribution in [0.1, 0.15) is 32.1 Å². The molecule has 2 aliphatic heterocycles. The summed E-state index contributed by atoms with van der Waals surface area (Å²) in [6, 6.07) is 0.454. The second kappa shape index (κ2) is 5.83. The topological polar surface area (TPSA) is 38.5 Å². The maximum atomic E-state index is 5.96. The highest BCUT2D eigenvalue weighted by Crippen LogP contribution is 2.17. The minimum absolute atomic E-state index is 0.454. The summed E-state index contributed by atoms with van der Waals surface area (Å²) in [5, 5.41) is 0. The molecule has 0 aromatic heterocycles.